The molecule has 5 heteroatoms. The third-order valence-electron chi connectivity index (χ3n) is 2.97. The predicted molar refractivity (Wildman–Crippen MR) is 79.3 cm³/mol. The average molecular weight is 296 g/mol. The Bertz CT molecular complexity index is 510. The number of hydrogen-bond acceptors (Lipinski definition) is 4. The van der Waals surface area contributed by atoms with Crippen LogP contribution in [0.4, 0.5) is 0 Å². The zero-order valence-electron chi connectivity index (χ0n) is 12.1. The molecule has 0 bridgehead atoms. The van der Waals surface area contributed by atoms with Gasteiger partial charge < -0.3 is 14.2 Å². The molecule has 1 aromatic carbocycles. The van der Waals surface area contributed by atoms with Gasteiger partial charge in [0.25, 0.3) is 5.34 Å². The van der Waals surface area contributed by atoms with Crippen LogP contribution in [0.1, 0.15) is 31.7 Å². The van der Waals surface area contributed by atoms with Gasteiger partial charge in [-0.3, -0.25) is 4.57 Å². The Morgan fingerprint density at radius 3 is 2.35 bits per heavy atom. The molecule has 4 nitrogen and oxygen atoms in total. The van der Waals surface area contributed by atoms with Crippen LogP contribution in [0.5, 0.6) is 0 Å². The summed E-state index contributed by atoms with van der Waals surface area (Å²) in [6, 6.07) is 8.59. The maximum absolute atomic E-state index is 12.6. The summed E-state index contributed by atoms with van der Waals surface area (Å²) in [4.78, 5) is 0. The summed E-state index contributed by atoms with van der Waals surface area (Å²) in [7, 11) is -1.31. The summed E-state index contributed by atoms with van der Waals surface area (Å²) in [6.07, 6.45) is 2.55. The lowest BCUT2D eigenvalue weighted by atomic mass is 10.1. The van der Waals surface area contributed by atoms with Crippen molar-refractivity contribution in [3.8, 4) is 11.8 Å². The minimum atomic E-state index is -3.79. The number of benzene rings is 1. The van der Waals surface area contributed by atoms with E-state index in [1.807, 2.05) is 0 Å². The maximum atomic E-state index is 12.6. The first-order valence-electron chi connectivity index (χ1n) is 6.53. The lowest BCUT2D eigenvalue weighted by Crippen LogP contribution is -2.25. The van der Waals surface area contributed by atoms with Crippen molar-refractivity contribution < 1.29 is 18.7 Å². The first kappa shape index (κ1) is 16.9. The van der Waals surface area contributed by atoms with Gasteiger partial charge in [-0.15, -0.1) is 0 Å². The van der Waals surface area contributed by atoms with Crippen LogP contribution in [-0.2, 0) is 19.0 Å². The molecule has 0 saturated carbocycles. The number of hydrogen-bond donors (Lipinski definition) is 1. The Balaban J connectivity index is 3.26. The highest BCUT2D eigenvalue weighted by Crippen LogP contribution is 2.62. The van der Waals surface area contributed by atoms with Crippen LogP contribution in [0.3, 0.4) is 0 Å². The third-order valence-corrected chi connectivity index (χ3v) is 5.10. The van der Waals surface area contributed by atoms with E-state index in [4.69, 9.17) is 9.05 Å². The molecule has 0 spiro atoms. The van der Waals surface area contributed by atoms with Crippen LogP contribution in [-0.4, -0.2) is 19.3 Å². The molecule has 0 fully saturated rings. The van der Waals surface area contributed by atoms with Crippen molar-refractivity contribution >= 4 is 7.60 Å². The summed E-state index contributed by atoms with van der Waals surface area (Å²) in [5.41, 5.74) is 0.399. The van der Waals surface area contributed by atoms with Crippen LogP contribution >= 0.6 is 7.60 Å². The summed E-state index contributed by atoms with van der Waals surface area (Å²) in [5, 5.41) is 8.86. The number of aliphatic hydroxyl groups is 1. The molecule has 0 saturated heterocycles. The molecule has 0 aliphatic rings. The molecule has 0 radical (unpaired) electrons. The molecule has 0 aliphatic carbocycles. The Labute approximate surface area is 120 Å². The SMILES string of the molecule is CCCCC#CC(O)(c1ccccc1)P(=O)(OC)OC. The molecule has 110 valence electrons. The highest BCUT2D eigenvalue weighted by atomic mass is 31.2. The molecule has 0 aromatic heterocycles. The lowest BCUT2D eigenvalue weighted by Gasteiger charge is -2.29. The van der Waals surface area contributed by atoms with E-state index < -0.39 is 12.9 Å². The Hall–Kier alpha value is -1.11. The minimum Gasteiger partial charge on any atom is -0.364 e. The van der Waals surface area contributed by atoms with Crippen molar-refractivity contribution in [2.45, 2.75) is 31.5 Å². The molecule has 1 atom stereocenters. The van der Waals surface area contributed by atoms with E-state index in [0.717, 1.165) is 12.8 Å². The normalized spacial score (nSPS) is 14.2. The molecule has 0 amide bonds. The second-order valence-electron chi connectivity index (χ2n) is 4.31. The van der Waals surface area contributed by atoms with Gasteiger partial charge in [-0.1, -0.05) is 55.5 Å². The first-order chi connectivity index (χ1) is 9.54. The van der Waals surface area contributed by atoms with E-state index in [-0.39, 0.29) is 0 Å². The molecular weight excluding hydrogens is 275 g/mol. The maximum Gasteiger partial charge on any atom is 0.378 e. The summed E-state index contributed by atoms with van der Waals surface area (Å²) in [5.74, 6) is 5.55. The van der Waals surface area contributed by atoms with Crippen LogP contribution in [0.25, 0.3) is 0 Å². The van der Waals surface area contributed by atoms with Gasteiger partial charge in [-0.2, -0.15) is 0 Å². The Kier molecular flexibility index (Phi) is 6.45. The quantitative estimate of drug-likeness (QED) is 0.496. The van der Waals surface area contributed by atoms with E-state index in [2.05, 4.69) is 18.8 Å². The standard InChI is InChI=1S/C15H21O4P/c1-4-5-6-10-13-15(16,20(17,18-2)19-3)14-11-8-7-9-12-14/h7-9,11-12,16H,4-6H2,1-3H3. The Morgan fingerprint density at radius 1 is 1.25 bits per heavy atom. The van der Waals surface area contributed by atoms with Crippen molar-refractivity contribution in [2.24, 2.45) is 0 Å². The van der Waals surface area contributed by atoms with Crippen molar-refractivity contribution in [1.29, 1.82) is 0 Å². The average Bonchev–Trinajstić information content (AvgIpc) is 2.51. The number of rotatable bonds is 6. The van der Waals surface area contributed by atoms with Crippen molar-refractivity contribution in [3.63, 3.8) is 0 Å². The van der Waals surface area contributed by atoms with E-state index in [0.29, 0.717) is 12.0 Å². The smallest absolute Gasteiger partial charge is 0.364 e. The monoisotopic (exact) mass is 296 g/mol. The highest BCUT2D eigenvalue weighted by Gasteiger charge is 2.49. The fourth-order valence-electron chi connectivity index (χ4n) is 1.76. The minimum absolute atomic E-state index is 0.399. The van der Waals surface area contributed by atoms with Gasteiger partial charge in [0.1, 0.15) is 0 Å². The van der Waals surface area contributed by atoms with Gasteiger partial charge in [0.15, 0.2) is 0 Å². The van der Waals surface area contributed by atoms with Gasteiger partial charge in [0.2, 0.25) is 0 Å². The van der Waals surface area contributed by atoms with Gasteiger partial charge in [0, 0.05) is 26.2 Å². The van der Waals surface area contributed by atoms with Crippen molar-refractivity contribution in [3.05, 3.63) is 35.9 Å². The van der Waals surface area contributed by atoms with Gasteiger partial charge in [-0.05, 0) is 6.42 Å². The molecular formula is C15H21O4P. The van der Waals surface area contributed by atoms with E-state index >= 15 is 0 Å². The van der Waals surface area contributed by atoms with Crippen molar-refractivity contribution in [2.75, 3.05) is 14.2 Å². The fraction of sp³-hybridized carbons (Fsp3) is 0.467. The van der Waals surface area contributed by atoms with E-state index in [1.165, 1.54) is 14.2 Å². The molecule has 1 rings (SSSR count). The molecule has 20 heavy (non-hydrogen) atoms. The molecule has 0 heterocycles. The second-order valence-corrected chi connectivity index (χ2v) is 6.68. The zero-order valence-corrected chi connectivity index (χ0v) is 13.0. The number of unbranched alkanes of at least 4 members (excludes halogenated alkanes) is 2. The summed E-state index contributed by atoms with van der Waals surface area (Å²) in [6.45, 7) is 2.06. The van der Waals surface area contributed by atoms with E-state index in [1.54, 1.807) is 30.3 Å². The first-order valence-corrected chi connectivity index (χ1v) is 8.08. The lowest BCUT2D eigenvalue weighted by molar-refractivity contribution is 0.125. The highest BCUT2D eigenvalue weighted by molar-refractivity contribution is 7.55. The van der Waals surface area contributed by atoms with Crippen LogP contribution in [0.2, 0.25) is 0 Å². The van der Waals surface area contributed by atoms with Gasteiger partial charge >= 0.3 is 7.60 Å². The molecule has 1 unspecified atom stereocenters. The largest absolute Gasteiger partial charge is 0.378 e. The molecule has 1 N–H and O–H groups in total. The third kappa shape index (κ3) is 3.50. The topological polar surface area (TPSA) is 55.8 Å². The summed E-state index contributed by atoms with van der Waals surface area (Å²) >= 11 is 0. The summed E-state index contributed by atoms with van der Waals surface area (Å²) < 4.78 is 22.5. The molecule has 1 aromatic rings. The predicted octanol–water partition coefficient (Wildman–Crippen LogP) is 3.51. The molecule has 0 aliphatic heterocycles. The second kappa shape index (κ2) is 7.61. The van der Waals surface area contributed by atoms with Gasteiger partial charge in [-0.25, -0.2) is 0 Å². The van der Waals surface area contributed by atoms with Crippen LogP contribution < -0.4 is 0 Å². The van der Waals surface area contributed by atoms with Crippen LogP contribution in [0.15, 0.2) is 30.3 Å². The zero-order chi connectivity index (χ0) is 15.1. The Morgan fingerprint density at radius 2 is 1.85 bits per heavy atom. The van der Waals surface area contributed by atoms with Crippen molar-refractivity contribution in [1.82, 2.24) is 0 Å². The fourth-order valence-corrected chi connectivity index (χ4v) is 3.12. The van der Waals surface area contributed by atoms with Gasteiger partial charge in [0.05, 0.1) is 0 Å². The van der Waals surface area contributed by atoms with E-state index in [9.17, 15) is 9.67 Å². The van der Waals surface area contributed by atoms with Crippen LogP contribution in [0, 0.1) is 11.8 Å².